The Hall–Kier alpha value is -3.46. The Morgan fingerprint density at radius 1 is 1.16 bits per heavy atom. The summed E-state index contributed by atoms with van der Waals surface area (Å²) < 4.78 is 13.7. The number of nitrogens with one attached hydrogen (secondary N) is 4. The lowest BCUT2D eigenvalue weighted by molar-refractivity contribution is -0.129. The molecule has 0 fully saturated rings. The molecule has 0 unspecified atom stereocenters. The van der Waals surface area contributed by atoms with Crippen LogP contribution in [0.3, 0.4) is 0 Å². The molecule has 0 radical (unpaired) electrons. The molecule has 1 aliphatic heterocycles. The second-order valence-corrected chi connectivity index (χ2v) is 7.82. The van der Waals surface area contributed by atoms with Crippen molar-refractivity contribution in [2.75, 3.05) is 11.9 Å². The standard InChI is InChI=1S/C23H27FN4O4/c1-13-19(12-17-16-11-15(24)8-9-18(16)27-22(17)30)26-14(2)21(13)23(31)25-10-6-4-3-5-7-20(29)28-32/h8-9,11-12,26,32H,3-7,10H2,1-2H3,(H,25,31)(H,27,30)(H,28,29). The highest BCUT2D eigenvalue weighted by Crippen LogP contribution is 2.34. The van der Waals surface area contributed by atoms with E-state index in [4.69, 9.17) is 5.21 Å². The van der Waals surface area contributed by atoms with E-state index in [2.05, 4.69) is 15.6 Å². The first-order chi connectivity index (χ1) is 15.3. The number of carbonyl (C=O) groups excluding carboxylic acids is 3. The van der Waals surface area contributed by atoms with Gasteiger partial charge in [-0.1, -0.05) is 12.8 Å². The zero-order valence-electron chi connectivity index (χ0n) is 18.1. The normalized spacial score (nSPS) is 13.8. The van der Waals surface area contributed by atoms with E-state index in [0.717, 1.165) is 19.3 Å². The maximum Gasteiger partial charge on any atom is 0.256 e. The number of rotatable bonds is 9. The van der Waals surface area contributed by atoms with Crippen LogP contribution < -0.4 is 16.1 Å². The molecule has 170 valence electrons. The van der Waals surface area contributed by atoms with Gasteiger partial charge in [0.25, 0.3) is 11.8 Å². The van der Waals surface area contributed by atoms with Crippen LogP contribution in [0.5, 0.6) is 0 Å². The molecule has 5 N–H and O–H groups in total. The summed E-state index contributed by atoms with van der Waals surface area (Å²) in [5, 5.41) is 14.1. The summed E-state index contributed by atoms with van der Waals surface area (Å²) in [5.74, 6) is -1.35. The molecule has 32 heavy (non-hydrogen) atoms. The van der Waals surface area contributed by atoms with Gasteiger partial charge >= 0.3 is 0 Å². The van der Waals surface area contributed by atoms with Gasteiger partial charge in [-0.3, -0.25) is 19.6 Å². The van der Waals surface area contributed by atoms with Crippen LogP contribution in [0.15, 0.2) is 18.2 Å². The Morgan fingerprint density at radius 2 is 1.91 bits per heavy atom. The molecule has 3 rings (SSSR count). The van der Waals surface area contributed by atoms with E-state index < -0.39 is 11.7 Å². The molecule has 2 heterocycles. The molecule has 1 aromatic heterocycles. The molecule has 0 atom stereocenters. The Balaban J connectivity index is 1.62. The van der Waals surface area contributed by atoms with Crippen LogP contribution >= 0.6 is 0 Å². The van der Waals surface area contributed by atoms with E-state index in [1.807, 2.05) is 0 Å². The quantitative estimate of drug-likeness (QED) is 0.177. The number of fused-ring (bicyclic) bond motifs is 1. The lowest BCUT2D eigenvalue weighted by atomic mass is 10.0. The molecule has 1 aromatic carbocycles. The average molecular weight is 442 g/mol. The number of H-pyrrole nitrogens is 1. The van der Waals surface area contributed by atoms with Crippen LogP contribution in [-0.4, -0.2) is 34.5 Å². The molecule has 9 heteroatoms. The van der Waals surface area contributed by atoms with Crippen LogP contribution in [-0.2, 0) is 9.59 Å². The van der Waals surface area contributed by atoms with Gasteiger partial charge in [0.05, 0.1) is 11.1 Å². The average Bonchev–Trinajstić information content (AvgIpc) is 3.22. The first-order valence-corrected chi connectivity index (χ1v) is 10.5. The fourth-order valence-electron chi connectivity index (χ4n) is 3.82. The maximum atomic E-state index is 13.7. The largest absolute Gasteiger partial charge is 0.358 e. The van der Waals surface area contributed by atoms with Crippen molar-refractivity contribution in [3.8, 4) is 0 Å². The summed E-state index contributed by atoms with van der Waals surface area (Å²) in [5.41, 5.74) is 5.52. The summed E-state index contributed by atoms with van der Waals surface area (Å²) in [6, 6.07) is 4.13. The summed E-state index contributed by atoms with van der Waals surface area (Å²) in [7, 11) is 0. The molecule has 0 aliphatic carbocycles. The fourth-order valence-corrected chi connectivity index (χ4v) is 3.82. The van der Waals surface area contributed by atoms with Gasteiger partial charge in [0, 0.05) is 35.6 Å². The monoisotopic (exact) mass is 442 g/mol. The van der Waals surface area contributed by atoms with E-state index in [1.54, 1.807) is 25.4 Å². The van der Waals surface area contributed by atoms with Crippen molar-refractivity contribution in [3.05, 3.63) is 52.1 Å². The van der Waals surface area contributed by atoms with Gasteiger partial charge in [-0.2, -0.15) is 0 Å². The number of aromatic amines is 1. The second kappa shape index (κ2) is 10.2. The van der Waals surface area contributed by atoms with Gasteiger partial charge in [0.15, 0.2) is 0 Å². The van der Waals surface area contributed by atoms with Crippen molar-refractivity contribution in [1.82, 2.24) is 15.8 Å². The highest BCUT2D eigenvalue weighted by Gasteiger charge is 2.26. The van der Waals surface area contributed by atoms with Gasteiger partial charge in [0.1, 0.15) is 5.82 Å². The van der Waals surface area contributed by atoms with Crippen LogP contribution in [0.4, 0.5) is 10.1 Å². The van der Waals surface area contributed by atoms with Crippen molar-refractivity contribution in [2.45, 2.75) is 46.0 Å². The number of benzene rings is 1. The van der Waals surface area contributed by atoms with Gasteiger partial charge in [0.2, 0.25) is 5.91 Å². The number of hydrogen-bond donors (Lipinski definition) is 5. The summed E-state index contributed by atoms with van der Waals surface area (Å²) in [4.78, 5) is 39.2. The van der Waals surface area contributed by atoms with Gasteiger partial charge in [-0.05, 0) is 56.5 Å². The molecule has 1 aliphatic rings. The SMILES string of the molecule is Cc1[nH]c(C=C2C(=O)Nc3ccc(F)cc32)c(C)c1C(=O)NCCCCCCC(=O)NO. The first kappa shape index (κ1) is 23.2. The highest BCUT2D eigenvalue weighted by atomic mass is 19.1. The van der Waals surface area contributed by atoms with Crippen LogP contribution in [0.1, 0.15) is 65.0 Å². The van der Waals surface area contributed by atoms with E-state index in [0.29, 0.717) is 52.3 Å². The van der Waals surface area contributed by atoms with Gasteiger partial charge < -0.3 is 15.6 Å². The number of hydroxylamine groups is 1. The third kappa shape index (κ3) is 5.23. The number of halogens is 1. The Morgan fingerprint density at radius 3 is 2.66 bits per heavy atom. The predicted octanol–water partition coefficient (Wildman–Crippen LogP) is 3.45. The Kier molecular flexibility index (Phi) is 7.42. The topological polar surface area (TPSA) is 123 Å². The zero-order chi connectivity index (χ0) is 23.3. The molecular weight excluding hydrogens is 415 g/mol. The van der Waals surface area contributed by atoms with Gasteiger partial charge in [-0.25, -0.2) is 9.87 Å². The van der Waals surface area contributed by atoms with Crippen molar-refractivity contribution in [1.29, 1.82) is 0 Å². The number of amides is 3. The minimum Gasteiger partial charge on any atom is -0.358 e. The third-order valence-electron chi connectivity index (χ3n) is 5.50. The van der Waals surface area contributed by atoms with E-state index in [9.17, 15) is 18.8 Å². The summed E-state index contributed by atoms with van der Waals surface area (Å²) in [6.07, 6.45) is 5.05. The first-order valence-electron chi connectivity index (χ1n) is 10.5. The summed E-state index contributed by atoms with van der Waals surface area (Å²) >= 11 is 0. The molecule has 0 saturated heterocycles. The minimum absolute atomic E-state index is 0.206. The number of aryl methyl sites for hydroxylation is 1. The minimum atomic E-state index is -0.428. The molecule has 8 nitrogen and oxygen atoms in total. The smallest absolute Gasteiger partial charge is 0.256 e. The maximum absolute atomic E-state index is 13.7. The molecule has 0 saturated carbocycles. The fraction of sp³-hybridized carbons (Fsp3) is 0.348. The molecule has 3 amide bonds. The molecule has 0 bridgehead atoms. The lowest BCUT2D eigenvalue weighted by Crippen LogP contribution is -2.25. The van der Waals surface area contributed by atoms with E-state index in [-0.39, 0.29) is 18.2 Å². The zero-order valence-corrected chi connectivity index (χ0v) is 18.1. The lowest BCUT2D eigenvalue weighted by Gasteiger charge is -2.06. The van der Waals surface area contributed by atoms with Crippen molar-refractivity contribution in [3.63, 3.8) is 0 Å². The van der Waals surface area contributed by atoms with E-state index in [1.165, 1.54) is 18.2 Å². The number of anilines is 1. The van der Waals surface area contributed by atoms with Gasteiger partial charge in [-0.15, -0.1) is 0 Å². The summed E-state index contributed by atoms with van der Waals surface area (Å²) in [6.45, 7) is 4.09. The predicted molar refractivity (Wildman–Crippen MR) is 119 cm³/mol. The Labute approximate surface area is 185 Å². The molecule has 0 spiro atoms. The molecular formula is C23H27FN4O4. The third-order valence-corrected chi connectivity index (χ3v) is 5.50. The van der Waals surface area contributed by atoms with E-state index >= 15 is 0 Å². The second-order valence-electron chi connectivity index (χ2n) is 7.82. The number of hydrogen-bond acceptors (Lipinski definition) is 4. The van der Waals surface area contributed by atoms with Crippen LogP contribution in [0.25, 0.3) is 11.6 Å². The molecule has 2 aromatic rings. The van der Waals surface area contributed by atoms with Crippen molar-refractivity contribution in [2.24, 2.45) is 0 Å². The highest BCUT2D eigenvalue weighted by molar-refractivity contribution is 6.34. The van der Waals surface area contributed by atoms with Crippen LogP contribution in [0.2, 0.25) is 0 Å². The van der Waals surface area contributed by atoms with Crippen molar-refractivity contribution < 1.29 is 24.0 Å². The number of carbonyl (C=O) groups is 3. The number of aromatic nitrogens is 1. The van der Waals surface area contributed by atoms with Crippen LogP contribution in [0, 0.1) is 19.7 Å². The van der Waals surface area contributed by atoms with Crippen molar-refractivity contribution >= 4 is 35.1 Å². The Bertz CT molecular complexity index is 1070. The number of unbranched alkanes of at least 4 members (excludes halogenated alkanes) is 3.